The molecule has 0 amide bonds. The Morgan fingerprint density at radius 3 is 2.94 bits per heavy atom. The fourth-order valence-electron chi connectivity index (χ4n) is 1.44. The van der Waals surface area contributed by atoms with Gasteiger partial charge in [-0.05, 0) is 29.9 Å². The summed E-state index contributed by atoms with van der Waals surface area (Å²) in [6.07, 6.45) is 1.05. The minimum absolute atomic E-state index is 0.329. The Morgan fingerprint density at radius 2 is 2.31 bits per heavy atom. The average molecular weight is 260 g/mol. The SMILES string of the molecule is COCCCSC(CN)c1cccc(Cl)c1. The highest BCUT2D eigenvalue weighted by Gasteiger charge is 2.09. The first-order chi connectivity index (χ1) is 7.77. The number of nitrogens with two attached hydrogens (primary N) is 1. The van der Waals surface area contributed by atoms with Crippen molar-refractivity contribution in [1.82, 2.24) is 0 Å². The molecule has 1 unspecified atom stereocenters. The first kappa shape index (κ1) is 13.8. The molecule has 1 rings (SSSR count). The predicted octanol–water partition coefficient (Wildman–Crippen LogP) is 3.11. The van der Waals surface area contributed by atoms with Gasteiger partial charge in [-0.1, -0.05) is 23.7 Å². The van der Waals surface area contributed by atoms with Gasteiger partial charge in [-0.15, -0.1) is 0 Å². The maximum absolute atomic E-state index is 5.96. The molecule has 0 aliphatic carbocycles. The van der Waals surface area contributed by atoms with E-state index < -0.39 is 0 Å². The van der Waals surface area contributed by atoms with Crippen molar-refractivity contribution in [3.8, 4) is 0 Å². The highest BCUT2D eigenvalue weighted by atomic mass is 35.5. The van der Waals surface area contributed by atoms with Crippen molar-refractivity contribution in [3.63, 3.8) is 0 Å². The van der Waals surface area contributed by atoms with Crippen LogP contribution in [0.3, 0.4) is 0 Å². The number of ether oxygens (including phenoxy) is 1. The van der Waals surface area contributed by atoms with Crippen LogP contribution in [0.2, 0.25) is 5.02 Å². The Kier molecular flexibility index (Phi) is 6.88. The summed E-state index contributed by atoms with van der Waals surface area (Å²) in [5, 5.41) is 1.10. The number of rotatable bonds is 7. The Morgan fingerprint density at radius 1 is 1.50 bits per heavy atom. The zero-order valence-corrected chi connectivity index (χ0v) is 11.1. The van der Waals surface area contributed by atoms with Crippen LogP contribution < -0.4 is 5.73 Å². The summed E-state index contributed by atoms with van der Waals surface area (Å²) in [7, 11) is 1.72. The van der Waals surface area contributed by atoms with Crippen LogP contribution in [0.4, 0.5) is 0 Å². The topological polar surface area (TPSA) is 35.2 Å². The lowest BCUT2D eigenvalue weighted by molar-refractivity contribution is 0.200. The minimum atomic E-state index is 0.329. The first-order valence-corrected chi connectivity index (χ1v) is 6.76. The molecule has 0 radical (unpaired) electrons. The van der Waals surface area contributed by atoms with E-state index in [4.69, 9.17) is 22.1 Å². The van der Waals surface area contributed by atoms with E-state index in [1.54, 1.807) is 7.11 Å². The molecule has 0 aliphatic heterocycles. The molecule has 0 saturated heterocycles. The van der Waals surface area contributed by atoms with Gasteiger partial charge in [0.25, 0.3) is 0 Å². The fraction of sp³-hybridized carbons (Fsp3) is 0.500. The zero-order chi connectivity index (χ0) is 11.8. The largest absolute Gasteiger partial charge is 0.385 e. The van der Waals surface area contributed by atoms with Gasteiger partial charge in [0.1, 0.15) is 0 Å². The highest BCUT2D eigenvalue weighted by Crippen LogP contribution is 2.29. The standard InChI is InChI=1S/C12H18ClNOS/c1-15-6-3-7-16-12(9-14)10-4-2-5-11(13)8-10/h2,4-5,8,12H,3,6-7,9,14H2,1H3. The number of hydrogen-bond donors (Lipinski definition) is 1. The Labute approximate surface area is 107 Å². The highest BCUT2D eigenvalue weighted by molar-refractivity contribution is 7.99. The van der Waals surface area contributed by atoms with Gasteiger partial charge in [-0.2, -0.15) is 11.8 Å². The van der Waals surface area contributed by atoms with Crippen LogP contribution in [0.5, 0.6) is 0 Å². The lowest BCUT2D eigenvalue weighted by Crippen LogP contribution is -2.10. The van der Waals surface area contributed by atoms with Crippen molar-refractivity contribution < 1.29 is 4.74 Å². The monoisotopic (exact) mass is 259 g/mol. The summed E-state index contributed by atoms with van der Waals surface area (Å²) in [5.74, 6) is 1.06. The molecule has 4 heteroatoms. The Bertz CT molecular complexity index is 309. The van der Waals surface area contributed by atoms with Crippen molar-refractivity contribution in [2.45, 2.75) is 11.7 Å². The number of thioether (sulfide) groups is 1. The Hall–Kier alpha value is -0.220. The Balaban J connectivity index is 2.47. The van der Waals surface area contributed by atoms with Crippen LogP contribution in [-0.2, 0) is 4.74 Å². The zero-order valence-electron chi connectivity index (χ0n) is 9.49. The summed E-state index contributed by atoms with van der Waals surface area (Å²) < 4.78 is 5.02. The van der Waals surface area contributed by atoms with Gasteiger partial charge in [-0.25, -0.2) is 0 Å². The molecule has 0 heterocycles. The summed E-state index contributed by atoms with van der Waals surface area (Å²) >= 11 is 7.82. The van der Waals surface area contributed by atoms with Crippen LogP contribution in [0, 0.1) is 0 Å². The maximum atomic E-state index is 5.96. The fourth-order valence-corrected chi connectivity index (χ4v) is 2.68. The molecule has 90 valence electrons. The molecule has 1 atom stereocenters. The number of hydrogen-bond acceptors (Lipinski definition) is 3. The molecule has 0 fully saturated rings. The second-order valence-corrected chi connectivity index (χ2v) is 5.24. The summed E-state index contributed by atoms with van der Waals surface area (Å²) in [5.41, 5.74) is 6.98. The van der Waals surface area contributed by atoms with Crippen LogP contribution in [0.1, 0.15) is 17.2 Å². The molecule has 2 nitrogen and oxygen atoms in total. The van der Waals surface area contributed by atoms with Crippen LogP contribution >= 0.6 is 23.4 Å². The maximum Gasteiger partial charge on any atom is 0.0470 e. The van der Waals surface area contributed by atoms with Gasteiger partial charge < -0.3 is 10.5 Å². The summed E-state index contributed by atoms with van der Waals surface area (Å²) in [6, 6.07) is 7.92. The molecule has 0 aliphatic rings. The molecule has 0 bridgehead atoms. The quantitative estimate of drug-likeness (QED) is 0.765. The second kappa shape index (κ2) is 7.96. The minimum Gasteiger partial charge on any atom is -0.385 e. The molecule has 1 aromatic rings. The van der Waals surface area contributed by atoms with E-state index >= 15 is 0 Å². The van der Waals surface area contributed by atoms with Crippen LogP contribution in [0.25, 0.3) is 0 Å². The molecular formula is C12H18ClNOS. The van der Waals surface area contributed by atoms with Crippen molar-refractivity contribution in [3.05, 3.63) is 34.9 Å². The molecule has 2 N–H and O–H groups in total. The normalized spacial score (nSPS) is 12.7. The van der Waals surface area contributed by atoms with Crippen molar-refractivity contribution in [2.24, 2.45) is 5.73 Å². The first-order valence-electron chi connectivity index (χ1n) is 5.34. The van der Waals surface area contributed by atoms with E-state index in [-0.39, 0.29) is 0 Å². The molecule has 16 heavy (non-hydrogen) atoms. The summed E-state index contributed by atoms with van der Waals surface area (Å²) in [4.78, 5) is 0. The van der Waals surface area contributed by atoms with Crippen molar-refractivity contribution >= 4 is 23.4 Å². The van der Waals surface area contributed by atoms with E-state index in [0.717, 1.165) is 23.8 Å². The van der Waals surface area contributed by atoms with E-state index in [9.17, 15) is 0 Å². The molecule has 1 aromatic carbocycles. The smallest absolute Gasteiger partial charge is 0.0470 e. The lowest BCUT2D eigenvalue weighted by Gasteiger charge is -2.14. The number of benzene rings is 1. The molecular weight excluding hydrogens is 242 g/mol. The third kappa shape index (κ3) is 4.74. The van der Waals surface area contributed by atoms with Gasteiger partial charge in [0.05, 0.1) is 0 Å². The third-order valence-electron chi connectivity index (χ3n) is 2.25. The van der Waals surface area contributed by atoms with E-state index in [0.29, 0.717) is 11.8 Å². The van der Waals surface area contributed by atoms with Gasteiger partial charge in [0, 0.05) is 30.5 Å². The lowest BCUT2D eigenvalue weighted by atomic mass is 10.1. The van der Waals surface area contributed by atoms with Gasteiger partial charge in [0.15, 0.2) is 0 Å². The average Bonchev–Trinajstić information content (AvgIpc) is 2.29. The number of methoxy groups -OCH3 is 1. The van der Waals surface area contributed by atoms with Crippen molar-refractivity contribution in [1.29, 1.82) is 0 Å². The predicted molar refractivity (Wildman–Crippen MR) is 72.2 cm³/mol. The van der Waals surface area contributed by atoms with Crippen LogP contribution in [-0.4, -0.2) is 26.0 Å². The van der Waals surface area contributed by atoms with Gasteiger partial charge >= 0.3 is 0 Å². The van der Waals surface area contributed by atoms with E-state index in [1.165, 1.54) is 5.56 Å². The second-order valence-electron chi connectivity index (χ2n) is 3.50. The third-order valence-corrected chi connectivity index (χ3v) is 3.87. The molecule has 0 aromatic heterocycles. The molecule has 0 saturated carbocycles. The van der Waals surface area contributed by atoms with Crippen molar-refractivity contribution in [2.75, 3.05) is 26.0 Å². The summed E-state index contributed by atoms with van der Waals surface area (Å²) in [6.45, 7) is 1.44. The number of halogens is 1. The van der Waals surface area contributed by atoms with E-state index in [1.807, 2.05) is 30.0 Å². The van der Waals surface area contributed by atoms with E-state index in [2.05, 4.69) is 6.07 Å². The van der Waals surface area contributed by atoms with Gasteiger partial charge in [0.2, 0.25) is 0 Å². The molecule has 0 spiro atoms. The van der Waals surface area contributed by atoms with Gasteiger partial charge in [-0.3, -0.25) is 0 Å². The van der Waals surface area contributed by atoms with Crippen LogP contribution in [0.15, 0.2) is 24.3 Å².